The van der Waals surface area contributed by atoms with Crippen molar-refractivity contribution in [3.05, 3.63) is 30.0 Å². The Morgan fingerprint density at radius 1 is 1.24 bits per heavy atom. The Kier molecular flexibility index (Phi) is 6.10. The van der Waals surface area contributed by atoms with Gasteiger partial charge >= 0.3 is 0 Å². The predicted molar refractivity (Wildman–Crippen MR) is 89.9 cm³/mol. The second kappa shape index (κ2) is 8.70. The number of hydrogen-bond acceptors (Lipinski definition) is 7. The Morgan fingerprint density at radius 2 is 2.08 bits per heavy atom. The zero-order valence-electron chi connectivity index (χ0n) is 13.7. The Morgan fingerprint density at radius 3 is 2.84 bits per heavy atom. The van der Waals surface area contributed by atoms with Crippen molar-refractivity contribution in [2.24, 2.45) is 0 Å². The van der Waals surface area contributed by atoms with Crippen LogP contribution >= 0.6 is 11.8 Å². The largest absolute Gasteiger partial charge is 0.459 e. The van der Waals surface area contributed by atoms with Gasteiger partial charge in [0.05, 0.1) is 18.6 Å². The minimum Gasteiger partial charge on any atom is -0.459 e. The minimum atomic E-state index is -0.357. The van der Waals surface area contributed by atoms with E-state index in [0.29, 0.717) is 5.22 Å². The number of aromatic nitrogens is 2. The summed E-state index contributed by atoms with van der Waals surface area (Å²) in [6.07, 6.45) is 7.13. The van der Waals surface area contributed by atoms with Crippen LogP contribution in [0.15, 0.2) is 32.5 Å². The fraction of sp³-hybridized carbons (Fsp3) is 0.500. The summed E-state index contributed by atoms with van der Waals surface area (Å²) in [4.78, 5) is 23.7. The summed E-state index contributed by atoms with van der Waals surface area (Å²) in [5, 5.41) is 13.7. The van der Waals surface area contributed by atoms with Crippen molar-refractivity contribution in [3.63, 3.8) is 0 Å². The summed E-state index contributed by atoms with van der Waals surface area (Å²) in [5.41, 5.74) is 0. The second-order valence-electron chi connectivity index (χ2n) is 5.81. The molecule has 1 fully saturated rings. The van der Waals surface area contributed by atoms with Crippen LogP contribution in [-0.4, -0.2) is 33.8 Å². The molecule has 0 unspecified atom stereocenters. The summed E-state index contributed by atoms with van der Waals surface area (Å²) in [5.74, 6) is 0.340. The van der Waals surface area contributed by atoms with Crippen molar-refractivity contribution in [2.75, 3.05) is 5.75 Å². The number of rotatable bonds is 7. The molecule has 134 valence electrons. The van der Waals surface area contributed by atoms with E-state index in [1.807, 2.05) is 0 Å². The minimum absolute atomic E-state index is 0.0252. The zero-order valence-corrected chi connectivity index (χ0v) is 14.5. The number of nitrogens with one attached hydrogen (secondary N) is 2. The van der Waals surface area contributed by atoms with Gasteiger partial charge < -0.3 is 19.5 Å². The summed E-state index contributed by atoms with van der Waals surface area (Å²) >= 11 is 1.19. The molecule has 1 aliphatic rings. The zero-order chi connectivity index (χ0) is 17.5. The number of hydrogen-bond donors (Lipinski definition) is 2. The molecule has 2 aromatic rings. The van der Waals surface area contributed by atoms with Crippen LogP contribution in [0.3, 0.4) is 0 Å². The highest BCUT2D eigenvalue weighted by Gasteiger charge is 2.17. The molecule has 0 radical (unpaired) electrons. The van der Waals surface area contributed by atoms with E-state index in [9.17, 15) is 9.59 Å². The number of carbonyl (C=O) groups is 2. The van der Waals surface area contributed by atoms with Gasteiger partial charge in [0, 0.05) is 6.04 Å². The van der Waals surface area contributed by atoms with Crippen molar-refractivity contribution in [1.29, 1.82) is 0 Å². The first-order valence-electron chi connectivity index (χ1n) is 8.27. The van der Waals surface area contributed by atoms with Crippen LogP contribution in [0.25, 0.3) is 0 Å². The maximum absolute atomic E-state index is 11.9. The Labute approximate surface area is 149 Å². The Balaban J connectivity index is 1.39. The van der Waals surface area contributed by atoms with Crippen LogP contribution in [0.2, 0.25) is 0 Å². The van der Waals surface area contributed by atoms with Gasteiger partial charge in [-0.05, 0) is 25.0 Å². The summed E-state index contributed by atoms with van der Waals surface area (Å²) in [6.45, 7) is 0.0986. The van der Waals surface area contributed by atoms with Gasteiger partial charge in [-0.2, -0.15) is 0 Å². The number of nitrogens with zero attached hydrogens (tertiary/aromatic N) is 2. The second-order valence-corrected chi connectivity index (χ2v) is 6.74. The van der Waals surface area contributed by atoms with Gasteiger partial charge in [-0.25, -0.2) is 0 Å². The van der Waals surface area contributed by atoms with E-state index >= 15 is 0 Å². The molecular weight excluding hydrogens is 344 g/mol. The lowest BCUT2D eigenvalue weighted by Gasteiger charge is -2.22. The van der Waals surface area contributed by atoms with Crippen molar-refractivity contribution in [1.82, 2.24) is 20.8 Å². The predicted octanol–water partition coefficient (Wildman–Crippen LogP) is 2.13. The van der Waals surface area contributed by atoms with Gasteiger partial charge in [0.25, 0.3) is 11.1 Å². The first-order valence-corrected chi connectivity index (χ1v) is 9.25. The number of thioether (sulfide) groups is 1. The Hall–Kier alpha value is -2.29. The fourth-order valence-corrected chi connectivity index (χ4v) is 3.25. The van der Waals surface area contributed by atoms with Crippen molar-refractivity contribution in [3.8, 4) is 0 Å². The van der Waals surface area contributed by atoms with Crippen molar-refractivity contribution in [2.45, 2.75) is 49.9 Å². The molecule has 0 aliphatic heterocycles. The van der Waals surface area contributed by atoms with Crippen molar-refractivity contribution >= 4 is 23.6 Å². The third-order valence-electron chi connectivity index (χ3n) is 3.89. The molecular formula is C16H20N4O4S. The summed E-state index contributed by atoms with van der Waals surface area (Å²) < 4.78 is 10.4. The monoisotopic (exact) mass is 364 g/mol. The van der Waals surface area contributed by atoms with Gasteiger partial charge in [-0.15, -0.1) is 10.2 Å². The molecule has 2 aromatic heterocycles. The highest BCUT2D eigenvalue weighted by Crippen LogP contribution is 2.19. The van der Waals surface area contributed by atoms with E-state index in [1.54, 1.807) is 12.1 Å². The third-order valence-corrected chi connectivity index (χ3v) is 4.71. The standard InChI is InChI=1S/C16H20N4O4S/c21-13(18-11-5-2-1-3-6-11)10-25-16-20-19-14(24-16)9-17-15(22)12-7-4-8-23-12/h4,7-8,11H,1-3,5-6,9-10H2,(H,17,22)(H,18,21). The maximum Gasteiger partial charge on any atom is 0.287 e. The van der Waals surface area contributed by atoms with Crippen LogP contribution in [0, 0.1) is 0 Å². The molecule has 8 nitrogen and oxygen atoms in total. The lowest BCUT2D eigenvalue weighted by molar-refractivity contribution is -0.119. The highest BCUT2D eigenvalue weighted by atomic mass is 32.2. The lowest BCUT2D eigenvalue weighted by atomic mass is 9.95. The topological polar surface area (TPSA) is 110 Å². The molecule has 0 aromatic carbocycles. The molecule has 0 spiro atoms. The van der Waals surface area contributed by atoms with Crippen LogP contribution in [0.1, 0.15) is 48.5 Å². The average molecular weight is 364 g/mol. The molecule has 0 saturated heterocycles. The molecule has 0 atom stereocenters. The summed E-state index contributed by atoms with van der Waals surface area (Å²) in [7, 11) is 0. The molecule has 3 rings (SSSR count). The van der Waals surface area contributed by atoms with Crippen molar-refractivity contribution < 1.29 is 18.4 Å². The molecule has 2 N–H and O–H groups in total. The quantitative estimate of drug-likeness (QED) is 0.724. The first kappa shape index (κ1) is 17.5. The average Bonchev–Trinajstić information content (AvgIpc) is 3.31. The van der Waals surface area contributed by atoms with Crippen LogP contribution < -0.4 is 10.6 Å². The van der Waals surface area contributed by atoms with Gasteiger partial charge in [0.15, 0.2) is 5.76 Å². The van der Waals surface area contributed by atoms with E-state index in [4.69, 9.17) is 8.83 Å². The normalized spacial score (nSPS) is 15.0. The number of amides is 2. The molecule has 1 saturated carbocycles. The highest BCUT2D eigenvalue weighted by molar-refractivity contribution is 7.99. The van der Waals surface area contributed by atoms with E-state index in [2.05, 4.69) is 20.8 Å². The number of carbonyl (C=O) groups excluding carboxylic acids is 2. The maximum atomic E-state index is 11.9. The van der Waals surface area contributed by atoms with Gasteiger partial charge in [-0.3, -0.25) is 9.59 Å². The van der Waals surface area contributed by atoms with Crippen LogP contribution in [0.4, 0.5) is 0 Å². The molecule has 2 amide bonds. The van der Waals surface area contributed by atoms with E-state index in [1.165, 1.54) is 37.3 Å². The molecule has 9 heteroatoms. The summed E-state index contributed by atoms with van der Waals surface area (Å²) in [6, 6.07) is 3.49. The van der Waals surface area contributed by atoms with Crippen LogP contribution in [0.5, 0.6) is 0 Å². The lowest BCUT2D eigenvalue weighted by Crippen LogP contribution is -2.37. The van der Waals surface area contributed by atoms with E-state index < -0.39 is 0 Å². The first-order chi connectivity index (χ1) is 12.2. The SMILES string of the molecule is O=C(CSc1nnc(CNC(=O)c2ccco2)o1)NC1CCCCC1. The molecule has 25 heavy (non-hydrogen) atoms. The van der Waals surface area contributed by atoms with Gasteiger partial charge in [0.2, 0.25) is 11.8 Å². The fourth-order valence-electron chi connectivity index (χ4n) is 2.66. The van der Waals surface area contributed by atoms with E-state index in [0.717, 1.165) is 12.8 Å². The Bertz CT molecular complexity index is 695. The number of furan rings is 1. The van der Waals surface area contributed by atoms with Crippen LogP contribution in [-0.2, 0) is 11.3 Å². The molecule has 0 bridgehead atoms. The smallest absolute Gasteiger partial charge is 0.287 e. The van der Waals surface area contributed by atoms with Gasteiger partial charge in [0.1, 0.15) is 0 Å². The van der Waals surface area contributed by atoms with Gasteiger partial charge in [-0.1, -0.05) is 31.0 Å². The molecule has 1 aliphatic carbocycles. The van der Waals surface area contributed by atoms with E-state index in [-0.39, 0.29) is 41.8 Å². The third kappa shape index (κ3) is 5.35. The molecule has 2 heterocycles.